The third-order valence-electron chi connectivity index (χ3n) is 4.20. The minimum atomic E-state index is -0.401. The molecule has 0 bridgehead atoms. The Morgan fingerprint density at radius 1 is 1.32 bits per heavy atom. The molecule has 0 unspecified atom stereocenters. The van der Waals surface area contributed by atoms with Crippen molar-refractivity contribution in [3.05, 3.63) is 33.9 Å². The van der Waals surface area contributed by atoms with Crippen molar-refractivity contribution < 1.29 is 9.72 Å². The fourth-order valence-electron chi connectivity index (χ4n) is 2.80. The Balaban J connectivity index is 2.25. The van der Waals surface area contributed by atoms with E-state index in [1.165, 1.54) is 6.07 Å². The van der Waals surface area contributed by atoms with Gasteiger partial charge in [0.2, 0.25) is 0 Å². The predicted molar refractivity (Wildman–Crippen MR) is 86.4 cm³/mol. The quantitative estimate of drug-likeness (QED) is 0.647. The van der Waals surface area contributed by atoms with E-state index in [0.717, 1.165) is 38.8 Å². The second-order valence-electron chi connectivity index (χ2n) is 5.64. The van der Waals surface area contributed by atoms with Crippen LogP contribution < -0.4 is 10.2 Å². The second-order valence-corrected chi connectivity index (χ2v) is 5.64. The van der Waals surface area contributed by atoms with Crippen molar-refractivity contribution in [3.8, 4) is 0 Å². The molecular weight excluding hydrogens is 282 g/mol. The Bertz CT molecular complexity index is 550. The molecular formula is C16H23N3O3. The molecule has 0 saturated carbocycles. The van der Waals surface area contributed by atoms with Gasteiger partial charge >= 0.3 is 0 Å². The van der Waals surface area contributed by atoms with Crippen LogP contribution in [0.15, 0.2) is 18.2 Å². The number of carbonyl (C=O) groups is 1. The van der Waals surface area contributed by atoms with Gasteiger partial charge in [0.05, 0.1) is 4.92 Å². The molecule has 1 fully saturated rings. The molecule has 1 N–H and O–H groups in total. The smallest absolute Gasteiger partial charge is 0.293 e. The van der Waals surface area contributed by atoms with Crippen LogP contribution in [-0.4, -0.2) is 30.0 Å². The molecule has 1 saturated heterocycles. The van der Waals surface area contributed by atoms with Gasteiger partial charge in [0.15, 0.2) is 0 Å². The number of benzene rings is 1. The molecule has 1 aromatic rings. The van der Waals surface area contributed by atoms with E-state index < -0.39 is 4.92 Å². The molecule has 1 aromatic carbocycles. The molecule has 22 heavy (non-hydrogen) atoms. The van der Waals surface area contributed by atoms with Crippen molar-refractivity contribution in [2.75, 3.05) is 18.0 Å². The number of nitro groups is 1. The maximum absolute atomic E-state index is 12.2. The highest BCUT2D eigenvalue weighted by Gasteiger charge is 2.24. The van der Waals surface area contributed by atoms with Crippen molar-refractivity contribution in [2.24, 2.45) is 0 Å². The number of carbonyl (C=O) groups excluding carboxylic acids is 1. The average Bonchev–Trinajstić information content (AvgIpc) is 3.05. The summed E-state index contributed by atoms with van der Waals surface area (Å²) in [4.78, 5) is 25.2. The third-order valence-corrected chi connectivity index (χ3v) is 4.20. The first-order valence-electron chi connectivity index (χ1n) is 7.91. The number of nitro benzene ring substituents is 1. The van der Waals surface area contributed by atoms with Crippen LogP contribution in [-0.2, 0) is 0 Å². The fraction of sp³-hybridized carbons (Fsp3) is 0.562. The molecule has 1 heterocycles. The molecule has 6 nitrogen and oxygen atoms in total. The normalized spacial score (nSPS) is 14.4. The van der Waals surface area contributed by atoms with Crippen LogP contribution in [0.25, 0.3) is 0 Å². The second kappa shape index (κ2) is 7.24. The van der Waals surface area contributed by atoms with Crippen LogP contribution in [0, 0.1) is 10.1 Å². The summed E-state index contributed by atoms with van der Waals surface area (Å²) < 4.78 is 0. The monoisotopic (exact) mass is 305 g/mol. The molecule has 0 radical (unpaired) electrons. The van der Waals surface area contributed by atoms with E-state index in [-0.39, 0.29) is 17.6 Å². The van der Waals surface area contributed by atoms with E-state index in [1.54, 1.807) is 12.1 Å². The zero-order chi connectivity index (χ0) is 16.1. The van der Waals surface area contributed by atoms with E-state index in [9.17, 15) is 14.9 Å². The molecule has 2 rings (SSSR count). The van der Waals surface area contributed by atoms with Crippen molar-refractivity contribution in [2.45, 2.75) is 45.6 Å². The first-order chi connectivity index (χ1) is 10.6. The molecule has 0 spiro atoms. The van der Waals surface area contributed by atoms with Crippen molar-refractivity contribution in [3.63, 3.8) is 0 Å². The van der Waals surface area contributed by atoms with E-state index in [0.29, 0.717) is 11.3 Å². The topological polar surface area (TPSA) is 75.5 Å². The number of hydrogen-bond donors (Lipinski definition) is 1. The number of anilines is 1. The lowest BCUT2D eigenvalue weighted by atomic mass is 10.1. The largest absolute Gasteiger partial charge is 0.366 e. The molecule has 120 valence electrons. The number of rotatable bonds is 6. The highest BCUT2D eigenvalue weighted by Crippen LogP contribution is 2.31. The molecule has 1 amide bonds. The van der Waals surface area contributed by atoms with Gasteiger partial charge in [-0.25, -0.2) is 0 Å². The van der Waals surface area contributed by atoms with Crippen LogP contribution in [0.1, 0.15) is 49.9 Å². The summed E-state index contributed by atoms with van der Waals surface area (Å²) in [5.74, 6) is -0.246. The number of nitrogens with one attached hydrogen (secondary N) is 1. The number of nitrogens with zero attached hydrogens (tertiary/aromatic N) is 2. The molecule has 0 aromatic heterocycles. The Morgan fingerprint density at radius 2 is 1.95 bits per heavy atom. The lowest BCUT2D eigenvalue weighted by Crippen LogP contribution is -2.33. The van der Waals surface area contributed by atoms with Crippen molar-refractivity contribution in [1.29, 1.82) is 0 Å². The lowest BCUT2D eigenvalue weighted by molar-refractivity contribution is -0.384. The standard InChI is InChI=1S/C16H23N3O3/c1-3-13(4-2)17-16(20)12-7-8-14(15(11-12)19(21)22)18-9-5-6-10-18/h7-8,11,13H,3-6,9-10H2,1-2H3,(H,17,20). The Morgan fingerprint density at radius 3 is 2.50 bits per heavy atom. The Labute approximate surface area is 130 Å². The predicted octanol–water partition coefficient (Wildman–Crippen LogP) is 3.11. The van der Waals surface area contributed by atoms with Gasteiger partial charge in [0.25, 0.3) is 11.6 Å². The van der Waals surface area contributed by atoms with Crippen LogP contribution in [0.5, 0.6) is 0 Å². The lowest BCUT2D eigenvalue weighted by Gasteiger charge is -2.18. The van der Waals surface area contributed by atoms with Gasteiger partial charge in [0.1, 0.15) is 5.69 Å². The van der Waals surface area contributed by atoms with Gasteiger partial charge in [-0.15, -0.1) is 0 Å². The summed E-state index contributed by atoms with van der Waals surface area (Å²) in [5, 5.41) is 14.2. The first-order valence-corrected chi connectivity index (χ1v) is 7.91. The van der Waals surface area contributed by atoms with E-state index in [1.807, 2.05) is 18.7 Å². The number of hydrogen-bond acceptors (Lipinski definition) is 4. The molecule has 1 aliphatic rings. The number of amides is 1. The summed E-state index contributed by atoms with van der Waals surface area (Å²) in [7, 11) is 0. The Kier molecular flexibility index (Phi) is 5.35. The SMILES string of the molecule is CCC(CC)NC(=O)c1ccc(N2CCCC2)c([N+](=O)[O-])c1. The van der Waals surface area contributed by atoms with Crippen LogP contribution in [0.3, 0.4) is 0 Å². The highest BCUT2D eigenvalue weighted by atomic mass is 16.6. The minimum Gasteiger partial charge on any atom is -0.366 e. The van der Waals surface area contributed by atoms with Gasteiger partial charge in [-0.3, -0.25) is 14.9 Å². The van der Waals surface area contributed by atoms with Gasteiger partial charge in [0, 0.05) is 30.8 Å². The fourth-order valence-corrected chi connectivity index (χ4v) is 2.80. The first kappa shape index (κ1) is 16.3. The van der Waals surface area contributed by atoms with Crippen LogP contribution in [0.4, 0.5) is 11.4 Å². The molecule has 0 atom stereocenters. The summed E-state index contributed by atoms with van der Waals surface area (Å²) >= 11 is 0. The average molecular weight is 305 g/mol. The minimum absolute atomic E-state index is 0.0131. The van der Waals surface area contributed by atoms with Gasteiger partial charge in [-0.05, 0) is 37.8 Å². The van der Waals surface area contributed by atoms with E-state index >= 15 is 0 Å². The van der Waals surface area contributed by atoms with Crippen molar-refractivity contribution >= 4 is 17.3 Å². The zero-order valence-electron chi connectivity index (χ0n) is 13.2. The van der Waals surface area contributed by atoms with Gasteiger partial charge in [-0.2, -0.15) is 0 Å². The highest BCUT2D eigenvalue weighted by molar-refractivity contribution is 5.96. The summed E-state index contributed by atoms with van der Waals surface area (Å²) in [5.41, 5.74) is 0.974. The van der Waals surface area contributed by atoms with Crippen LogP contribution in [0.2, 0.25) is 0 Å². The third kappa shape index (κ3) is 3.55. The maximum atomic E-state index is 12.2. The van der Waals surface area contributed by atoms with E-state index in [4.69, 9.17) is 0 Å². The maximum Gasteiger partial charge on any atom is 0.293 e. The van der Waals surface area contributed by atoms with Gasteiger partial charge < -0.3 is 10.2 Å². The zero-order valence-corrected chi connectivity index (χ0v) is 13.2. The summed E-state index contributed by atoms with van der Waals surface area (Å²) in [6.07, 6.45) is 3.79. The molecule has 6 heteroatoms. The van der Waals surface area contributed by atoms with Crippen molar-refractivity contribution in [1.82, 2.24) is 5.32 Å². The van der Waals surface area contributed by atoms with E-state index in [2.05, 4.69) is 5.32 Å². The molecule has 0 aliphatic carbocycles. The summed E-state index contributed by atoms with van der Waals surface area (Å²) in [6, 6.07) is 4.87. The van der Waals surface area contributed by atoms with Crippen LogP contribution >= 0.6 is 0 Å². The molecule has 1 aliphatic heterocycles. The van der Waals surface area contributed by atoms with Gasteiger partial charge in [-0.1, -0.05) is 13.8 Å². The Hall–Kier alpha value is -2.11. The summed E-state index contributed by atoms with van der Waals surface area (Å²) in [6.45, 7) is 5.68.